The molecular formula is C16H16BrClFNO. The first kappa shape index (κ1) is 16.3. The van der Waals surface area contributed by atoms with E-state index in [2.05, 4.69) is 21.2 Å². The molecule has 2 aromatic rings. The Kier molecular flexibility index (Phi) is 5.62. The van der Waals surface area contributed by atoms with Crippen molar-refractivity contribution in [2.45, 2.75) is 13.0 Å². The number of nitrogens with one attached hydrogen (secondary N) is 1. The number of hydrogen-bond acceptors (Lipinski definition) is 2. The van der Waals surface area contributed by atoms with Crippen molar-refractivity contribution in [1.82, 2.24) is 5.32 Å². The normalized spacial score (nSPS) is 12.2. The molecule has 0 radical (unpaired) electrons. The highest BCUT2D eigenvalue weighted by Crippen LogP contribution is 2.32. The molecule has 2 aromatic carbocycles. The maximum atomic E-state index is 13.3. The van der Waals surface area contributed by atoms with Crippen LogP contribution in [0, 0.1) is 5.82 Å². The Hall–Kier alpha value is -1.10. The fourth-order valence-electron chi connectivity index (χ4n) is 2.19. The fourth-order valence-corrected chi connectivity index (χ4v) is 2.97. The minimum Gasteiger partial charge on any atom is -0.494 e. The van der Waals surface area contributed by atoms with E-state index in [4.69, 9.17) is 16.3 Å². The molecule has 0 heterocycles. The van der Waals surface area contributed by atoms with Crippen LogP contribution in [0.3, 0.4) is 0 Å². The number of benzene rings is 2. The second-order valence-electron chi connectivity index (χ2n) is 4.51. The molecule has 0 bridgehead atoms. The van der Waals surface area contributed by atoms with Crippen LogP contribution in [-0.4, -0.2) is 13.7 Å². The van der Waals surface area contributed by atoms with E-state index in [1.165, 1.54) is 6.07 Å². The first-order chi connectivity index (χ1) is 10.1. The summed E-state index contributed by atoms with van der Waals surface area (Å²) in [5.74, 6) is 0.390. The lowest BCUT2D eigenvalue weighted by atomic mass is 9.98. The van der Waals surface area contributed by atoms with Crippen molar-refractivity contribution in [2.24, 2.45) is 0 Å². The summed E-state index contributed by atoms with van der Waals surface area (Å²) in [7, 11) is 1.85. The molecule has 0 aromatic heterocycles. The quantitative estimate of drug-likeness (QED) is 0.802. The van der Waals surface area contributed by atoms with Crippen molar-refractivity contribution in [3.8, 4) is 5.75 Å². The molecule has 0 saturated carbocycles. The van der Waals surface area contributed by atoms with Gasteiger partial charge in [-0.15, -0.1) is 0 Å². The van der Waals surface area contributed by atoms with Crippen molar-refractivity contribution in [2.75, 3.05) is 13.7 Å². The molecule has 0 spiro atoms. The van der Waals surface area contributed by atoms with Crippen molar-refractivity contribution in [3.63, 3.8) is 0 Å². The monoisotopic (exact) mass is 371 g/mol. The molecule has 0 saturated heterocycles. The standard InChI is InChI=1S/C16H16BrClFNO/c1-3-21-11-5-6-12(13(17)9-11)16(20-2)10-4-7-15(19)14(18)8-10/h4-9,16,20H,3H2,1-2H3. The highest BCUT2D eigenvalue weighted by atomic mass is 79.9. The zero-order valence-electron chi connectivity index (χ0n) is 11.8. The molecule has 1 atom stereocenters. The molecule has 2 nitrogen and oxygen atoms in total. The van der Waals surface area contributed by atoms with E-state index in [0.29, 0.717) is 6.61 Å². The van der Waals surface area contributed by atoms with E-state index in [1.54, 1.807) is 12.1 Å². The molecule has 5 heteroatoms. The fraction of sp³-hybridized carbons (Fsp3) is 0.250. The van der Waals surface area contributed by atoms with Gasteiger partial charge in [0.2, 0.25) is 0 Å². The molecule has 112 valence electrons. The number of hydrogen-bond donors (Lipinski definition) is 1. The summed E-state index contributed by atoms with van der Waals surface area (Å²) in [6.45, 7) is 2.56. The van der Waals surface area contributed by atoms with Gasteiger partial charge in [0.25, 0.3) is 0 Å². The van der Waals surface area contributed by atoms with Gasteiger partial charge in [0.15, 0.2) is 0 Å². The van der Waals surface area contributed by atoms with Crippen LogP contribution in [0.4, 0.5) is 4.39 Å². The third-order valence-electron chi connectivity index (χ3n) is 3.16. The second kappa shape index (κ2) is 7.25. The van der Waals surface area contributed by atoms with Gasteiger partial charge in [0.1, 0.15) is 11.6 Å². The van der Waals surface area contributed by atoms with Crippen LogP contribution in [-0.2, 0) is 0 Å². The topological polar surface area (TPSA) is 21.3 Å². The van der Waals surface area contributed by atoms with Gasteiger partial charge < -0.3 is 10.1 Å². The third kappa shape index (κ3) is 3.76. The zero-order valence-corrected chi connectivity index (χ0v) is 14.1. The van der Waals surface area contributed by atoms with E-state index in [9.17, 15) is 4.39 Å². The second-order valence-corrected chi connectivity index (χ2v) is 5.77. The lowest BCUT2D eigenvalue weighted by Gasteiger charge is -2.19. The molecule has 2 rings (SSSR count). The van der Waals surface area contributed by atoms with Gasteiger partial charge in [-0.25, -0.2) is 4.39 Å². The Morgan fingerprint density at radius 1 is 1.29 bits per heavy atom. The average Bonchev–Trinajstić information content (AvgIpc) is 2.46. The van der Waals surface area contributed by atoms with Gasteiger partial charge >= 0.3 is 0 Å². The van der Waals surface area contributed by atoms with Gasteiger partial charge in [-0.1, -0.05) is 39.7 Å². The Bertz CT molecular complexity index is 636. The summed E-state index contributed by atoms with van der Waals surface area (Å²) < 4.78 is 19.7. The van der Waals surface area contributed by atoms with Gasteiger partial charge in [-0.2, -0.15) is 0 Å². The summed E-state index contributed by atoms with van der Waals surface area (Å²) >= 11 is 9.44. The predicted octanol–water partition coefficient (Wildman–Crippen LogP) is 4.95. The summed E-state index contributed by atoms with van der Waals surface area (Å²) in [5.41, 5.74) is 1.93. The molecule has 0 aliphatic carbocycles. The Labute approximate surface area is 137 Å². The lowest BCUT2D eigenvalue weighted by molar-refractivity contribution is 0.340. The molecule has 21 heavy (non-hydrogen) atoms. The van der Waals surface area contributed by atoms with E-state index in [-0.39, 0.29) is 11.1 Å². The largest absolute Gasteiger partial charge is 0.494 e. The van der Waals surface area contributed by atoms with E-state index in [1.807, 2.05) is 32.2 Å². The van der Waals surface area contributed by atoms with Crippen LogP contribution in [0.1, 0.15) is 24.1 Å². The summed E-state index contributed by atoms with van der Waals surface area (Å²) in [5, 5.41) is 3.34. The molecule has 0 amide bonds. The average molecular weight is 373 g/mol. The van der Waals surface area contributed by atoms with Crippen LogP contribution in [0.25, 0.3) is 0 Å². The number of ether oxygens (including phenoxy) is 1. The minimum absolute atomic E-state index is 0.0897. The van der Waals surface area contributed by atoms with Crippen molar-refractivity contribution >= 4 is 27.5 Å². The zero-order chi connectivity index (χ0) is 15.4. The minimum atomic E-state index is -0.416. The van der Waals surface area contributed by atoms with E-state index in [0.717, 1.165) is 21.3 Å². The molecule has 1 N–H and O–H groups in total. The van der Waals surface area contributed by atoms with Crippen molar-refractivity contribution in [1.29, 1.82) is 0 Å². The van der Waals surface area contributed by atoms with Gasteiger partial charge in [0.05, 0.1) is 17.7 Å². The van der Waals surface area contributed by atoms with Gasteiger partial charge in [0, 0.05) is 4.47 Å². The summed E-state index contributed by atoms with van der Waals surface area (Å²) in [6, 6.07) is 10.5. The molecule has 0 fully saturated rings. The Balaban J connectivity index is 2.38. The molecule has 1 unspecified atom stereocenters. The molecule has 0 aliphatic rings. The molecular weight excluding hydrogens is 357 g/mol. The Morgan fingerprint density at radius 2 is 2.05 bits per heavy atom. The summed E-state index contributed by atoms with van der Waals surface area (Å²) in [4.78, 5) is 0. The molecule has 0 aliphatic heterocycles. The van der Waals surface area contributed by atoms with E-state index >= 15 is 0 Å². The lowest BCUT2D eigenvalue weighted by Crippen LogP contribution is -2.18. The van der Waals surface area contributed by atoms with Gasteiger partial charge in [-0.3, -0.25) is 0 Å². The maximum absolute atomic E-state index is 13.3. The first-order valence-corrected chi connectivity index (χ1v) is 7.78. The smallest absolute Gasteiger partial charge is 0.141 e. The van der Waals surface area contributed by atoms with Crippen LogP contribution < -0.4 is 10.1 Å². The number of rotatable bonds is 5. The predicted molar refractivity (Wildman–Crippen MR) is 87.6 cm³/mol. The van der Waals surface area contributed by atoms with Crippen molar-refractivity contribution < 1.29 is 9.13 Å². The summed E-state index contributed by atoms with van der Waals surface area (Å²) in [6.07, 6.45) is 0. The highest BCUT2D eigenvalue weighted by molar-refractivity contribution is 9.10. The number of halogens is 3. The SMILES string of the molecule is CCOc1ccc(C(NC)c2ccc(F)c(Cl)c2)c(Br)c1. The van der Waals surface area contributed by atoms with Crippen LogP contribution in [0.2, 0.25) is 5.02 Å². The van der Waals surface area contributed by atoms with E-state index < -0.39 is 5.82 Å². The van der Waals surface area contributed by atoms with Crippen LogP contribution in [0.5, 0.6) is 5.75 Å². The third-order valence-corrected chi connectivity index (χ3v) is 4.14. The van der Waals surface area contributed by atoms with Gasteiger partial charge in [-0.05, 0) is 49.4 Å². The van der Waals surface area contributed by atoms with Crippen molar-refractivity contribution in [3.05, 3.63) is 62.8 Å². The first-order valence-electron chi connectivity index (χ1n) is 6.61. The highest BCUT2D eigenvalue weighted by Gasteiger charge is 2.16. The van der Waals surface area contributed by atoms with Crippen LogP contribution >= 0.6 is 27.5 Å². The maximum Gasteiger partial charge on any atom is 0.141 e. The van der Waals surface area contributed by atoms with Crippen LogP contribution in [0.15, 0.2) is 40.9 Å². The Morgan fingerprint density at radius 3 is 2.62 bits per heavy atom.